The number of ether oxygens (including phenoxy) is 1. The second-order valence-corrected chi connectivity index (χ2v) is 5.63. The molecule has 2 nitrogen and oxygen atoms in total. The summed E-state index contributed by atoms with van der Waals surface area (Å²) in [5.41, 5.74) is 2.96. The van der Waals surface area contributed by atoms with E-state index in [1.54, 1.807) is 11.3 Å². The number of hydrogen-bond acceptors (Lipinski definition) is 3. The highest BCUT2D eigenvalue weighted by molar-refractivity contribution is 9.10. The Hall–Kier alpha value is -0.840. The van der Waals surface area contributed by atoms with Gasteiger partial charge in [0.1, 0.15) is 11.9 Å². The molecule has 1 unspecified atom stereocenters. The van der Waals surface area contributed by atoms with Gasteiger partial charge in [-0.15, -0.1) is 0 Å². The van der Waals surface area contributed by atoms with E-state index in [2.05, 4.69) is 15.9 Å². The minimum atomic E-state index is -0.580. The predicted octanol–water partition coefficient (Wildman–Crippen LogP) is 4.30. The molecule has 0 spiro atoms. The van der Waals surface area contributed by atoms with E-state index in [4.69, 9.17) is 4.74 Å². The average molecular weight is 327 g/mol. The van der Waals surface area contributed by atoms with Crippen LogP contribution in [0.4, 0.5) is 0 Å². The largest absolute Gasteiger partial charge is 0.493 e. The maximum atomic E-state index is 10.4. The fourth-order valence-corrected chi connectivity index (χ4v) is 3.17. The quantitative estimate of drug-likeness (QED) is 0.907. The third-order valence-corrected chi connectivity index (χ3v) is 4.26. The van der Waals surface area contributed by atoms with Crippen molar-refractivity contribution >= 4 is 27.3 Å². The fourth-order valence-electron chi connectivity index (χ4n) is 1.79. The van der Waals surface area contributed by atoms with Gasteiger partial charge in [-0.1, -0.05) is 6.07 Å². The molecule has 1 N–H and O–H groups in total. The number of hydrogen-bond donors (Lipinski definition) is 1. The molecule has 2 rings (SSSR count). The molecule has 0 aliphatic rings. The molecule has 0 saturated heterocycles. The van der Waals surface area contributed by atoms with E-state index in [1.165, 1.54) is 0 Å². The monoisotopic (exact) mass is 326 g/mol. The smallest absolute Gasteiger partial charge is 0.133 e. The third-order valence-electron chi connectivity index (χ3n) is 2.76. The molecule has 4 heteroatoms. The Bertz CT molecular complexity index is 536. The SMILES string of the molecule is CCOc1ccc(C(O)c2cscc2C)cc1Br. The van der Waals surface area contributed by atoms with Gasteiger partial charge in [-0.25, -0.2) is 0 Å². The van der Waals surface area contributed by atoms with Crippen molar-refractivity contribution < 1.29 is 9.84 Å². The van der Waals surface area contributed by atoms with Gasteiger partial charge >= 0.3 is 0 Å². The van der Waals surface area contributed by atoms with Crippen LogP contribution in [0.2, 0.25) is 0 Å². The number of rotatable bonds is 4. The fraction of sp³-hybridized carbons (Fsp3) is 0.286. The Labute approximate surface area is 119 Å². The Morgan fingerprint density at radius 2 is 2.17 bits per heavy atom. The lowest BCUT2D eigenvalue weighted by Gasteiger charge is -2.13. The van der Waals surface area contributed by atoms with Crippen molar-refractivity contribution in [1.29, 1.82) is 0 Å². The molecular formula is C14H15BrO2S. The van der Waals surface area contributed by atoms with Gasteiger partial charge in [-0.05, 0) is 69.4 Å². The van der Waals surface area contributed by atoms with E-state index in [-0.39, 0.29) is 0 Å². The summed E-state index contributed by atoms with van der Waals surface area (Å²) < 4.78 is 6.33. The molecule has 0 aliphatic heterocycles. The van der Waals surface area contributed by atoms with Crippen LogP contribution in [-0.4, -0.2) is 11.7 Å². The zero-order valence-electron chi connectivity index (χ0n) is 10.3. The van der Waals surface area contributed by atoms with Crippen molar-refractivity contribution in [2.45, 2.75) is 20.0 Å². The molecule has 96 valence electrons. The summed E-state index contributed by atoms with van der Waals surface area (Å²) in [7, 11) is 0. The standard InChI is InChI=1S/C14H15BrO2S/c1-3-17-13-5-4-10(6-12(13)15)14(16)11-8-18-7-9(11)2/h4-8,14,16H,3H2,1-2H3. The molecule has 0 bridgehead atoms. The molecule has 0 amide bonds. The highest BCUT2D eigenvalue weighted by Gasteiger charge is 2.15. The highest BCUT2D eigenvalue weighted by Crippen LogP contribution is 2.32. The van der Waals surface area contributed by atoms with Crippen molar-refractivity contribution in [3.05, 3.63) is 50.1 Å². The van der Waals surface area contributed by atoms with Gasteiger partial charge in [-0.3, -0.25) is 0 Å². The second-order valence-electron chi connectivity index (χ2n) is 4.04. The van der Waals surface area contributed by atoms with Crippen LogP contribution >= 0.6 is 27.3 Å². The Balaban J connectivity index is 2.29. The Morgan fingerprint density at radius 3 is 2.72 bits per heavy atom. The van der Waals surface area contributed by atoms with Gasteiger partial charge in [-0.2, -0.15) is 11.3 Å². The summed E-state index contributed by atoms with van der Waals surface area (Å²) in [6.45, 7) is 4.59. The summed E-state index contributed by atoms with van der Waals surface area (Å²) in [4.78, 5) is 0. The zero-order chi connectivity index (χ0) is 13.1. The molecule has 18 heavy (non-hydrogen) atoms. The lowest BCUT2D eigenvalue weighted by atomic mass is 10.0. The van der Waals surface area contributed by atoms with E-state index in [9.17, 15) is 5.11 Å². The summed E-state index contributed by atoms with van der Waals surface area (Å²) in [5.74, 6) is 0.801. The maximum Gasteiger partial charge on any atom is 0.133 e. The molecule has 0 aliphatic carbocycles. The molecular weight excluding hydrogens is 312 g/mol. The van der Waals surface area contributed by atoms with E-state index in [1.807, 2.05) is 42.8 Å². The summed E-state index contributed by atoms with van der Waals surface area (Å²) in [5, 5.41) is 14.4. The lowest BCUT2D eigenvalue weighted by Crippen LogP contribution is -2.01. The first-order valence-electron chi connectivity index (χ1n) is 5.76. The van der Waals surface area contributed by atoms with Crippen molar-refractivity contribution in [1.82, 2.24) is 0 Å². The summed E-state index contributed by atoms with van der Waals surface area (Å²) >= 11 is 5.07. The Kier molecular flexibility index (Phi) is 4.43. The van der Waals surface area contributed by atoms with Crippen molar-refractivity contribution in [2.75, 3.05) is 6.61 Å². The Morgan fingerprint density at radius 1 is 1.39 bits per heavy atom. The van der Waals surface area contributed by atoms with Crippen molar-refractivity contribution in [3.63, 3.8) is 0 Å². The molecule has 0 saturated carbocycles. The van der Waals surface area contributed by atoms with Crippen molar-refractivity contribution in [3.8, 4) is 5.75 Å². The van der Waals surface area contributed by atoms with Gasteiger partial charge in [0, 0.05) is 0 Å². The van der Waals surface area contributed by atoms with Crippen LogP contribution in [0, 0.1) is 6.92 Å². The number of thiophene rings is 1. The van der Waals surface area contributed by atoms with Crippen LogP contribution in [0.1, 0.15) is 29.7 Å². The van der Waals surface area contributed by atoms with Gasteiger partial charge < -0.3 is 9.84 Å². The molecule has 1 aromatic carbocycles. The first-order chi connectivity index (χ1) is 8.63. The van der Waals surface area contributed by atoms with Crippen LogP contribution in [0.5, 0.6) is 5.75 Å². The number of aliphatic hydroxyl groups excluding tert-OH is 1. The molecule has 2 aromatic rings. The molecule has 1 heterocycles. The second kappa shape index (κ2) is 5.87. The van der Waals surface area contributed by atoms with Gasteiger partial charge in [0.05, 0.1) is 11.1 Å². The number of halogens is 1. The number of aryl methyl sites for hydroxylation is 1. The minimum absolute atomic E-state index is 0.580. The van der Waals surface area contributed by atoms with E-state index < -0.39 is 6.10 Å². The van der Waals surface area contributed by atoms with E-state index in [0.717, 1.165) is 26.9 Å². The molecule has 1 atom stereocenters. The first-order valence-corrected chi connectivity index (χ1v) is 7.50. The molecule has 1 aromatic heterocycles. The van der Waals surface area contributed by atoms with E-state index in [0.29, 0.717) is 6.61 Å². The average Bonchev–Trinajstić information content (AvgIpc) is 2.77. The predicted molar refractivity (Wildman–Crippen MR) is 78.4 cm³/mol. The number of aliphatic hydroxyl groups is 1. The van der Waals surface area contributed by atoms with Crippen molar-refractivity contribution in [2.24, 2.45) is 0 Å². The van der Waals surface area contributed by atoms with Gasteiger partial charge in [0.15, 0.2) is 0 Å². The van der Waals surface area contributed by atoms with Crippen LogP contribution in [0.15, 0.2) is 33.4 Å². The number of benzene rings is 1. The molecule has 0 radical (unpaired) electrons. The summed E-state index contributed by atoms with van der Waals surface area (Å²) in [6.07, 6.45) is -0.580. The highest BCUT2D eigenvalue weighted by atomic mass is 79.9. The molecule has 0 fully saturated rings. The normalized spacial score (nSPS) is 12.4. The zero-order valence-corrected chi connectivity index (χ0v) is 12.7. The third kappa shape index (κ3) is 2.76. The van der Waals surface area contributed by atoms with Crippen LogP contribution in [0.25, 0.3) is 0 Å². The van der Waals surface area contributed by atoms with E-state index >= 15 is 0 Å². The van der Waals surface area contributed by atoms with Crippen LogP contribution in [-0.2, 0) is 0 Å². The minimum Gasteiger partial charge on any atom is -0.493 e. The van der Waals surface area contributed by atoms with Crippen LogP contribution in [0.3, 0.4) is 0 Å². The van der Waals surface area contributed by atoms with Gasteiger partial charge in [0.25, 0.3) is 0 Å². The lowest BCUT2D eigenvalue weighted by molar-refractivity contribution is 0.220. The van der Waals surface area contributed by atoms with Gasteiger partial charge in [0.2, 0.25) is 0 Å². The topological polar surface area (TPSA) is 29.5 Å². The first kappa shape index (κ1) is 13.6. The van der Waals surface area contributed by atoms with Crippen LogP contribution < -0.4 is 4.74 Å². The summed E-state index contributed by atoms with van der Waals surface area (Å²) in [6, 6.07) is 5.69. The maximum absolute atomic E-state index is 10.4.